The SMILES string of the molecule is CCOc1ccccc1NC(=S)NC[C@@H](C)CSc1ccc(C)cc1. The highest BCUT2D eigenvalue weighted by molar-refractivity contribution is 7.99. The quantitative estimate of drug-likeness (QED) is 0.496. The van der Waals surface area contributed by atoms with Crippen LogP contribution in [0.15, 0.2) is 53.4 Å². The Bertz CT molecular complexity index is 674. The van der Waals surface area contributed by atoms with Gasteiger partial charge in [-0.3, -0.25) is 0 Å². The highest BCUT2D eigenvalue weighted by Gasteiger charge is 2.07. The first kappa shape index (κ1) is 19.6. The maximum Gasteiger partial charge on any atom is 0.170 e. The maximum absolute atomic E-state index is 5.61. The molecule has 2 rings (SSSR count). The van der Waals surface area contributed by atoms with Crippen LogP contribution in [0, 0.1) is 12.8 Å². The molecule has 1 atom stereocenters. The number of rotatable bonds is 8. The Morgan fingerprint density at radius 3 is 2.60 bits per heavy atom. The summed E-state index contributed by atoms with van der Waals surface area (Å²) in [5, 5.41) is 7.14. The molecule has 2 N–H and O–H groups in total. The van der Waals surface area contributed by atoms with Crippen molar-refractivity contribution in [2.75, 3.05) is 24.2 Å². The summed E-state index contributed by atoms with van der Waals surface area (Å²) in [6.45, 7) is 7.78. The molecule has 0 saturated carbocycles. The van der Waals surface area contributed by atoms with E-state index in [4.69, 9.17) is 17.0 Å². The number of hydrogen-bond acceptors (Lipinski definition) is 3. The van der Waals surface area contributed by atoms with Gasteiger partial charge >= 0.3 is 0 Å². The fourth-order valence-corrected chi connectivity index (χ4v) is 3.33. The predicted molar refractivity (Wildman–Crippen MR) is 113 cm³/mol. The smallest absolute Gasteiger partial charge is 0.170 e. The minimum absolute atomic E-state index is 0.508. The van der Waals surface area contributed by atoms with E-state index in [1.54, 1.807) is 0 Å². The summed E-state index contributed by atoms with van der Waals surface area (Å²) < 4.78 is 5.61. The van der Waals surface area contributed by atoms with Crippen LogP contribution in [0.4, 0.5) is 5.69 Å². The van der Waals surface area contributed by atoms with E-state index >= 15 is 0 Å². The van der Waals surface area contributed by atoms with Crippen molar-refractivity contribution in [1.29, 1.82) is 0 Å². The number of nitrogens with one attached hydrogen (secondary N) is 2. The van der Waals surface area contributed by atoms with E-state index in [1.807, 2.05) is 43.0 Å². The largest absolute Gasteiger partial charge is 0.492 e. The van der Waals surface area contributed by atoms with E-state index in [0.717, 1.165) is 23.7 Å². The standard InChI is InChI=1S/C20H26N2OS2/c1-4-23-19-8-6-5-7-18(19)22-20(24)21-13-16(3)14-25-17-11-9-15(2)10-12-17/h5-12,16H,4,13-14H2,1-3H3,(H2,21,22,24)/t16-/m1/s1. The van der Waals surface area contributed by atoms with Crippen LogP contribution in [0.25, 0.3) is 0 Å². The van der Waals surface area contributed by atoms with E-state index in [1.165, 1.54) is 10.5 Å². The first-order chi connectivity index (χ1) is 12.1. The fourth-order valence-electron chi connectivity index (χ4n) is 2.22. The monoisotopic (exact) mass is 374 g/mol. The molecule has 0 aliphatic heterocycles. The molecule has 0 heterocycles. The van der Waals surface area contributed by atoms with Gasteiger partial charge < -0.3 is 15.4 Å². The van der Waals surface area contributed by atoms with E-state index < -0.39 is 0 Å². The lowest BCUT2D eigenvalue weighted by Crippen LogP contribution is -2.32. The summed E-state index contributed by atoms with van der Waals surface area (Å²) in [7, 11) is 0. The molecule has 0 amide bonds. The molecule has 0 aromatic heterocycles. The molecule has 2 aromatic carbocycles. The van der Waals surface area contributed by atoms with E-state index in [2.05, 4.69) is 48.7 Å². The van der Waals surface area contributed by atoms with Gasteiger partial charge in [-0.05, 0) is 56.2 Å². The molecule has 0 spiro atoms. The Kier molecular flexibility index (Phi) is 8.09. The number of anilines is 1. The Morgan fingerprint density at radius 2 is 1.88 bits per heavy atom. The zero-order valence-corrected chi connectivity index (χ0v) is 16.7. The van der Waals surface area contributed by atoms with Gasteiger partial charge in [0, 0.05) is 17.2 Å². The maximum atomic E-state index is 5.61. The lowest BCUT2D eigenvalue weighted by atomic mass is 10.2. The predicted octanol–water partition coefficient (Wildman–Crippen LogP) is 5.11. The number of para-hydroxylation sites is 2. The summed E-state index contributed by atoms with van der Waals surface area (Å²) in [6.07, 6.45) is 0. The Morgan fingerprint density at radius 1 is 1.16 bits per heavy atom. The average molecular weight is 375 g/mol. The van der Waals surface area contributed by atoms with Crippen molar-refractivity contribution in [2.45, 2.75) is 25.7 Å². The number of benzene rings is 2. The third-order valence-electron chi connectivity index (χ3n) is 3.60. The van der Waals surface area contributed by atoms with E-state index in [9.17, 15) is 0 Å². The average Bonchev–Trinajstić information content (AvgIpc) is 2.61. The zero-order chi connectivity index (χ0) is 18.1. The number of thioether (sulfide) groups is 1. The second-order valence-corrected chi connectivity index (χ2v) is 7.50. The molecular formula is C20H26N2OS2. The van der Waals surface area contributed by atoms with Crippen molar-refractivity contribution >= 4 is 34.8 Å². The molecule has 0 unspecified atom stereocenters. The molecule has 0 saturated heterocycles. The highest BCUT2D eigenvalue weighted by atomic mass is 32.2. The van der Waals surface area contributed by atoms with Crippen LogP contribution in [0.5, 0.6) is 5.75 Å². The molecule has 0 bridgehead atoms. The Labute approximate surface area is 160 Å². The summed E-state index contributed by atoms with van der Waals surface area (Å²) in [5.74, 6) is 2.37. The number of hydrogen-bond donors (Lipinski definition) is 2. The first-order valence-electron chi connectivity index (χ1n) is 8.54. The van der Waals surface area contributed by atoms with Gasteiger partial charge in [0.1, 0.15) is 5.75 Å². The van der Waals surface area contributed by atoms with Gasteiger partial charge in [-0.15, -0.1) is 11.8 Å². The van der Waals surface area contributed by atoms with Gasteiger partial charge in [0.15, 0.2) is 5.11 Å². The molecule has 0 aliphatic rings. The third-order valence-corrected chi connectivity index (χ3v) is 5.19. The molecule has 5 heteroatoms. The molecular weight excluding hydrogens is 348 g/mol. The van der Waals surface area contributed by atoms with Crippen molar-refractivity contribution in [3.05, 3.63) is 54.1 Å². The summed E-state index contributed by atoms with van der Waals surface area (Å²) in [5.41, 5.74) is 2.19. The topological polar surface area (TPSA) is 33.3 Å². The Balaban J connectivity index is 1.74. The molecule has 25 heavy (non-hydrogen) atoms. The normalized spacial score (nSPS) is 11.6. The zero-order valence-electron chi connectivity index (χ0n) is 15.0. The summed E-state index contributed by atoms with van der Waals surface area (Å²) >= 11 is 7.28. The van der Waals surface area contributed by atoms with Crippen LogP contribution in [0.3, 0.4) is 0 Å². The van der Waals surface area contributed by atoms with Crippen molar-refractivity contribution in [3.63, 3.8) is 0 Å². The number of thiocarbonyl (C=S) groups is 1. The van der Waals surface area contributed by atoms with Crippen LogP contribution >= 0.6 is 24.0 Å². The molecule has 0 fully saturated rings. The Hall–Kier alpha value is -1.72. The fraction of sp³-hybridized carbons (Fsp3) is 0.350. The van der Waals surface area contributed by atoms with Gasteiger partial charge in [-0.1, -0.05) is 36.8 Å². The second-order valence-electron chi connectivity index (χ2n) is 5.99. The van der Waals surface area contributed by atoms with E-state index in [0.29, 0.717) is 17.6 Å². The van der Waals surface area contributed by atoms with Gasteiger partial charge in [-0.25, -0.2) is 0 Å². The number of ether oxygens (including phenoxy) is 1. The summed E-state index contributed by atoms with van der Waals surface area (Å²) in [4.78, 5) is 1.31. The molecule has 0 radical (unpaired) electrons. The lowest BCUT2D eigenvalue weighted by molar-refractivity contribution is 0.342. The number of aryl methyl sites for hydroxylation is 1. The molecule has 3 nitrogen and oxygen atoms in total. The van der Waals surface area contributed by atoms with Crippen molar-refractivity contribution in [1.82, 2.24) is 5.32 Å². The second kappa shape index (κ2) is 10.3. The van der Waals surface area contributed by atoms with Gasteiger partial charge in [-0.2, -0.15) is 0 Å². The molecule has 2 aromatic rings. The first-order valence-corrected chi connectivity index (χ1v) is 9.94. The minimum atomic E-state index is 0.508. The van der Waals surface area contributed by atoms with Gasteiger partial charge in [0.05, 0.1) is 12.3 Å². The van der Waals surface area contributed by atoms with Crippen LogP contribution in [-0.2, 0) is 0 Å². The van der Waals surface area contributed by atoms with Crippen molar-refractivity contribution < 1.29 is 4.74 Å². The van der Waals surface area contributed by atoms with Crippen LogP contribution < -0.4 is 15.4 Å². The molecule has 134 valence electrons. The summed E-state index contributed by atoms with van der Waals surface area (Å²) in [6, 6.07) is 16.5. The third kappa shape index (κ3) is 6.96. The van der Waals surface area contributed by atoms with Crippen LogP contribution in [0.2, 0.25) is 0 Å². The van der Waals surface area contributed by atoms with Crippen LogP contribution in [0.1, 0.15) is 19.4 Å². The lowest BCUT2D eigenvalue weighted by Gasteiger charge is -2.16. The molecule has 0 aliphatic carbocycles. The van der Waals surface area contributed by atoms with Gasteiger partial charge in [0.25, 0.3) is 0 Å². The van der Waals surface area contributed by atoms with Crippen LogP contribution in [-0.4, -0.2) is 24.0 Å². The van der Waals surface area contributed by atoms with Gasteiger partial charge in [0.2, 0.25) is 0 Å². The highest BCUT2D eigenvalue weighted by Crippen LogP contribution is 2.24. The van der Waals surface area contributed by atoms with Crippen molar-refractivity contribution in [2.24, 2.45) is 5.92 Å². The van der Waals surface area contributed by atoms with Crippen molar-refractivity contribution in [3.8, 4) is 5.75 Å². The minimum Gasteiger partial charge on any atom is -0.492 e. The van der Waals surface area contributed by atoms with E-state index in [-0.39, 0.29) is 0 Å².